The lowest BCUT2D eigenvalue weighted by Gasteiger charge is -2.13. The lowest BCUT2D eigenvalue weighted by molar-refractivity contribution is 0.175. The second-order valence-electron chi connectivity index (χ2n) is 4.51. The number of hydrogen-bond donors (Lipinski definition) is 1. The Hall–Kier alpha value is -0.610. The Balaban J connectivity index is 2.09. The molecule has 0 saturated heterocycles. The summed E-state index contributed by atoms with van der Waals surface area (Å²) in [5, 5.41) is 11.2. The molecule has 1 N–H and O–H groups in total. The molecule has 0 bridgehead atoms. The predicted octanol–water partition coefficient (Wildman–Crippen LogP) is 5.04. The third-order valence-electron chi connectivity index (χ3n) is 2.96. The summed E-state index contributed by atoms with van der Waals surface area (Å²) in [4.78, 5) is 0. The zero-order valence-corrected chi connectivity index (χ0v) is 13.5. The van der Waals surface area contributed by atoms with E-state index in [1.165, 1.54) is 6.07 Å². The fraction of sp³-hybridized carbons (Fsp3) is 0.200. The van der Waals surface area contributed by atoms with Crippen LogP contribution in [0.5, 0.6) is 0 Å². The van der Waals surface area contributed by atoms with Gasteiger partial charge in [-0.2, -0.15) is 0 Å². The van der Waals surface area contributed by atoms with Gasteiger partial charge in [-0.15, -0.1) is 0 Å². The number of halogens is 4. The highest BCUT2D eigenvalue weighted by atomic mass is 79.9. The number of aliphatic hydroxyl groups is 1. The van der Waals surface area contributed by atoms with Crippen LogP contribution in [-0.2, 0) is 12.8 Å². The predicted molar refractivity (Wildman–Crippen MR) is 84.0 cm³/mol. The third-order valence-corrected chi connectivity index (χ3v) is 4.27. The van der Waals surface area contributed by atoms with Crippen LogP contribution in [0.25, 0.3) is 0 Å². The van der Waals surface area contributed by atoms with E-state index in [2.05, 4.69) is 15.9 Å². The molecule has 106 valence electrons. The van der Waals surface area contributed by atoms with Crippen LogP contribution in [0, 0.1) is 5.82 Å². The fourth-order valence-electron chi connectivity index (χ4n) is 1.97. The van der Waals surface area contributed by atoms with Gasteiger partial charge in [-0.3, -0.25) is 0 Å². The second kappa shape index (κ2) is 6.90. The highest BCUT2D eigenvalue weighted by molar-refractivity contribution is 9.10. The number of aliphatic hydroxyl groups excluding tert-OH is 1. The van der Waals surface area contributed by atoms with E-state index < -0.39 is 6.10 Å². The molecular weight excluding hydrogens is 366 g/mol. The summed E-state index contributed by atoms with van der Waals surface area (Å²) in [5.41, 5.74) is 1.57. The first-order chi connectivity index (χ1) is 9.47. The summed E-state index contributed by atoms with van der Waals surface area (Å²) >= 11 is 15.3. The Morgan fingerprint density at radius 1 is 1.10 bits per heavy atom. The van der Waals surface area contributed by atoms with Crippen LogP contribution in [0.1, 0.15) is 11.1 Å². The number of rotatable bonds is 4. The van der Waals surface area contributed by atoms with Crippen molar-refractivity contribution in [2.45, 2.75) is 18.9 Å². The van der Waals surface area contributed by atoms with Gasteiger partial charge < -0.3 is 5.11 Å². The van der Waals surface area contributed by atoms with Crippen molar-refractivity contribution >= 4 is 39.1 Å². The van der Waals surface area contributed by atoms with Gasteiger partial charge in [-0.25, -0.2) is 4.39 Å². The van der Waals surface area contributed by atoms with Gasteiger partial charge >= 0.3 is 0 Å². The van der Waals surface area contributed by atoms with Crippen LogP contribution >= 0.6 is 39.1 Å². The maximum atomic E-state index is 13.1. The lowest BCUT2D eigenvalue weighted by atomic mass is 10.0. The zero-order valence-electron chi connectivity index (χ0n) is 10.4. The molecule has 20 heavy (non-hydrogen) atoms. The second-order valence-corrected chi connectivity index (χ2v) is 6.18. The van der Waals surface area contributed by atoms with Gasteiger partial charge in [-0.1, -0.05) is 35.3 Å². The van der Waals surface area contributed by atoms with E-state index in [0.29, 0.717) is 27.4 Å². The van der Waals surface area contributed by atoms with Gasteiger partial charge in [0.05, 0.1) is 10.6 Å². The molecule has 0 fully saturated rings. The Labute approximate surface area is 135 Å². The van der Waals surface area contributed by atoms with Crippen molar-refractivity contribution in [1.29, 1.82) is 0 Å². The minimum atomic E-state index is -0.634. The average Bonchev–Trinajstić information content (AvgIpc) is 2.38. The van der Waals surface area contributed by atoms with Gasteiger partial charge in [0.25, 0.3) is 0 Å². The molecule has 1 unspecified atom stereocenters. The van der Waals surface area contributed by atoms with Crippen molar-refractivity contribution in [3.8, 4) is 0 Å². The van der Waals surface area contributed by atoms with Gasteiger partial charge in [0.2, 0.25) is 0 Å². The third kappa shape index (κ3) is 3.95. The molecule has 5 heteroatoms. The van der Waals surface area contributed by atoms with Crippen molar-refractivity contribution in [3.05, 3.63) is 67.9 Å². The molecule has 0 spiro atoms. The number of benzene rings is 2. The summed E-state index contributed by atoms with van der Waals surface area (Å²) in [6.07, 6.45) is 0.123. The van der Waals surface area contributed by atoms with Crippen LogP contribution in [0.4, 0.5) is 4.39 Å². The molecule has 0 aliphatic carbocycles. The molecule has 0 aliphatic rings. The van der Waals surface area contributed by atoms with Gasteiger partial charge in [0.1, 0.15) is 5.82 Å². The van der Waals surface area contributed by atoms with Crippen molar-refractivity contribution in [3.63, 3.8) is 0 Å². The number of hydrogen-bond acceptors (Lipinski definition) is 1. The summed E-state index contributed by atoms with van der Waals surface area (Å²) < 4.78 is 13.5. The van der Waals surface area contributed by atoms with E-state index in [4.69, 9.17) is 23.2 Å². The molecule has 0 saturated carbocycles. The molecule has 0 amide bonds. The van der Waals surface area contributed by atoms with Crippen molar-refractivity contribution in [1.82, 2.24) is 0 Å². The smallest absolute Gasteiger partial charge is 0.137 e. The van der Waals surface area contributed by atoms with Crippen LogP contribution < -0.4 is 0 Å². The van der Waals surface area contributed by atoms with Gasteiger partial charge in [0.15, 0.2) is 0 Å². The Morgan fingerprint density at radius 2 is 1.75 bits per heavy atom. The fourth-order valence-corrected chi connectivity index (χ4v) is 2.95. The first-order valence-electron chi connectivity index (χ1n) is 6.02. The molecule has 0 aliphatic heterocycles. The average molecular weight is 378 g/mol. The Morgan fingerprint density at radius 3 is 2.35 bits per heavy atom. The van der Waals surface area contributed by atoms with E-state index in [0.717, 1.165) is 11.1 Å². The van der Waals surface area contributed by atoms with Crippen molar-refractivity contribution in [2.75, 3.05) is 0 Å². The molecule has 0 heterocycles. The zero-order chi connectivity index (χ0) is 14.7. The van der Waals surface area contributed by atoms with Gasteiger partial charge in [0, 0.05) is 16.5 Å². The normalized spacial score (nSPS) is 12.4. The topological polar surface area (TPSA) is 20.2 Å². The Kier molecular flexibility index (Phi) is 5.44. The molecule has 0 radical (unpaired) electrons. The first-order valence-corrected chi connectivity index (χ1v) is 7.57. The summed E-state index contributed by atoms with van der Waals surface area (Å²) in [7, 11) is 0. The highest BCUT2D eigenvalue weighted by Gasteiger charge is 2.13. The Bertz CT molecular complexity index is 599. The summed E-state index contributed by atoms with van der Waals surface area (Å²) in [6, 6.07) is 9.92. The van der Waals surface area contributed by atoms with Crippen LogP contribution in [0.3, 0.4) is 0 Å². The van der Waals surface area contributed by atoms with Crippen molar-refractivity contribution in [2.24, 2.45) is 0 Å². The molecule has 1 atom stereocenters. The molecule has 2 aromatic rings. The minimum absolute atomic E-state index is 0.322. The minimum Gasteiger partial charge on any atom is -0.392 e. The quantitative estimate of drug-likeness (QED) is 0.791. The molecule has 2 rings (SSSR count). The van der Waals surface area contributed by atoms with E-state index in [9.17, 15) is 9.50 Å². The van der Waals surface area contributed by atoms with Crippen molar-refractivity contribution < 1.29 is 9.50 Å². The highest BCUT2D eigenvalue weighted by Crippen LogP contribution is 2.26. The van der Waals surface area contributed by atoms with Gasteiger partial charge in [-0.05, 0) is 57.7 Å². The van der Waals surface area contributed by atoms with Crippen LogP contribution in [0.2, 0.25) is 10.0 Å². The monoisotopic (exact) mass is 376 g/mol. The first kappa shape index (κ1) is 15.8. The standard InChI is InChI=1S/C15H12BrCl2FO/c16-12-7-9(4-5-15(12)19)6-10(20)8-11-13(17)2-1-3-14(11)18/h1-5,7,10,20H,6,8H2. The summed E-state index contributed by atoms with van der Waals surface area (Å²) in [5.74, 6) is -0.322. The molecule has 2 aromatic carbocycles. The molecular formula is C15H12BrCl2FO. The van der Waals surface area contributed by atoms with Crippen LogP contribution in [0.15, 0.2) is 40.9 Å². The van der Waals surface area contributed by atoms with E-state index >= 15 is 0 Å². The lowest BCUT2D eigenvalue weighted by Crippen LogP contribution is -2.14. The maximum Gasteiger partial charge on any atom is 0.137 e. The van der Waals surface area contributed by atoms with E-state index in [-0.39, 0.29) is 5.82 Å². The van der Waals surface area contributed by atoms with E-state index in [1.807, 2.05) is 0 Å². The van der Waals surface area contributed by atoms with Crippen LogP contribution in [-0.4, -0.2) is 11.2 Å². The molecule has 1 nitrogen and oxygen atoms in total. The SMILES string of the molecule is OC(Cc1ccc(F)c(Br)c1)Cc1c(Cl)cccc1Cl. The largest absolute Gasteiger partial charge is 0.392 e. The maximum absolute atomic E-state index is 13.1. The molecule has 0 aromatic heterocycles. The summed E-state index contributed by atoms with van der Waals surface area (Å²) in [6.45, 7) is 0. The van der Waals surface area contributed by atoms with E-state index in [1.54, 1.807) is 30.3 Å².